The van der Waals surface area contributed by atoms with Gasteiger partial charge in [0.25, 0.3) is 5.91 Å². The molecule has 0 radical (unpaired) electrons. The molecule has 0 bridgehead atoms. The lowest BCUT2D eigenvalue weighted by molar-refractivity contribution is -0.131. The molecular formula is C19H27N3O6. The minimum atomic E-state index is -0.931. The van der Waals surface area contributed by atoms with Crippen molar-refractivity contribution in [3.63, 3.8) is 0 Å². The smallest absolute Gasteiger partial charge is 0.325 e. The highest BCUT2D eigenvalue weighted by molar-refractivity contribution is 6.05. The van der Waals surface area contributed by atoms with E-state index in [1.54, 1.807) is 18.2 Å². The third kappa shape index (κ3) is 4.92. The van der Waals surface area contributed by atoms with Crippen molar-refractivity contribution in [2.45, 2.75) is 38.9 Å². The first-order chi connectivity index (χ1) is 13.3. The average molecular weight is 393 g/mol. The maximum atomic E-state index is 12.6. The van der Waals surface area contributed by atoms with Crippen LogP contribution in [0.2, 0.25) is 0 Å². The predicted molar refractivity (Wildman–Crippen MR) is 101 cm³/mol. The minimum Gasteiger partial charge on any atom is -0.493 e. The average Bonchev–Trinajstić information content (AvgIpc) is 2.92. The molecule has 1 aliphatic rings. The summed E-state index contributed by atoms with van der Waals surface area (Å²) < 4.78 is 10.4. The predicted octanol–water partition coefficient (Wildman–Crippen LogP) is 0.647. The second-order valence-corrected chi connectivity index (χ2v) is 6.92. The van der Waals surface area contributed by atoms with Crippen molar-refractivity contribution in [3.8, 4) is 11.5 Å². The largest absolute Gasteiger partial charge is 0.493 e. The highest BCUT2D eigenvalue weighted by atomic mass is 16.5. The zero-order valence-corrected chi connectivity index (χ0v) is 16.5. The normalized spacial score (nSPS) is 17.5. The van der Waals surface area contributed by atoms with Gasteiger partial charge in [0.2, 0.25) is 5.91 Å². The standard InChI is InChI=1S/C19H27N3O6/c1-11(2)14(10-23)20-17(24)8-13-18(25)22(19(26)21-13)9-12-5-6-15(27-3)16(7-12)28-4/h5-7,11,13-14,23H,8-10H2,1-4H3,(H,20,24)(H,21,26). The Bertz CT molecular complexity index is 736. The Labute approximate surface area is 164 Å². The third-order valence-electron chi connectivity index (χ3n) is 4.63. The number of urea groups is 1. The van der Waals surface area contributed by atoms with E-state index in [-0.39, 0.29) is 25.5 Å². The highest BCUT2D eigenvalue weighted by Crippen LogP contribution is 2.28. The van der Waals surface area contributed by atoms with E-state index in [9.17, 15) is 19.5 Å². The van der Waals surface area contributed by atoms with Crippen LogP contribution in [0.1, 0.15) is 25.8 Å². The molecule has 9 nitrogen and oxygen atoms in total. The SMILES string of the molecule is COc1ccc(CN2C(=O)NC(CC(=O)NC(CO)C(C)C)C2=O)cc1OC. The quantitative estimate of drug-likeness (QED) is 0.530. The van der Waals surface area contributed by atoms with Crippen molar-refractivity contribution >= 4 is 17.8 Å². The molecular weight excluding hydrogens is 366 g/mol. The van der Waals surface area contributed by atoms with Crippen LogP contribution in [0.15, 0.2) is 18.2 Å². The fourth-order valence-electron chi connectivity index (χ4n) is 2.90. The maximum Gasteiger partial charge on any atom is 0.325 e. The van der Waals surface area contributed by atoms with Crippen LogP contribution in [-0.4, -0.2) is 60.8 Å². The number of carbonyl (C=O) groups is 3. The van der Waals surface area contributed by atoms with Crippen molar-refractivity contribution in [3.05, 3.63) is 23.8 Å². The van der Waals surface area contributed by atoms with Gasteiger partial charge < -0.3 is 25.2 Å². The van der Waals surface area contributed by atoms with Crippen molar-refractivity contribution in [2.75, 3.05) is 20.8 Å². The molecule has 1 aliphatic heterocycles. The Balaban J connectivity index is 2.02. The van der Waals surface area contributed by atoms with Crippen molar-refractivity contribution in [1.29, 1.82) is 0 Å². The van der Waals surface area contributed by atoms with E-state index >= 15 is 0 Å². The van der Waals surface area contributed by atoms with Gasteiger partial charge in [0.15, 0.2) is 11.5 Å². The molecule has 154 valence electrons. The molecule has 28 heavy (non-hydrogen) atoms. The summed E-state index contributed by atoms with van der Waals surface area (Å²) in [7, 11) is 3.02. The van der Waals surface area contributed by atoms with Crippen LogP contribution in [0.25, 0.3) is 0 Å². The van der Waals surface area contributed by atoms with Crippen LogP contribution in [0.5, 0.6) is 11.5 Å². The Morgan fingerprint density at radius 3 is 2.50 bits per heavy atom. The molecule has 3 N–H and O–H groups in total. The van der Waals surface area contributed by atoms with Gasteiger partial charge in [-0.1, -0.05) is 19.9 Å². The number of nitrogens with one attached hydrogen (secondary N) is 2. The molecule has 1 fully saturated rings. The summed E-state index contributed by atoms with van der Waals surface area (Å²) in [4.78, 5) is 38.0. The number of nitrogens with zero attached hydrogens (tertiary/aromatic N) is 1. The summed E-state index contributed by atoms with van der Waals surface area (Å²) >= 11 is 0. The molecule has 1 aromatic rings. The zero-order chi connectivity index (χ0) is 20.8. The van der Waals surface area contributed by atoms with Gasteiger partial charge in [0, 0.05) is 0 Å². The maximum absolute atomic E-state index is 12.6. The van der Waals surface area contributed by atoms with Gasteiger partial charge in [-0.3, -0.25) is 14.5 Å². The van der Waals surface area contributed by atoms with Crippen molar-refractivity contribution < 1.29 is 29.0 Å². The summed E-state index contributed by atoms with van der Waals surface area (Å²) in [6.45, 7) is 3.59. The van der Waals surface area contributed by atoms with Gasteiger partial charge in [-0.2, -0.15) is 0 Å². The number of aliphatic hydroxyl groups excluding tert-OH is 1. The van der Waals surface area contributed by atoms with Crippen LogP contribution in [0.4, 0.5) is 4.79 Å². The number of hydrogen-bond acceptors (Lipinski definition) is 6. The van der Waals surface area contributed by atoms with Crippen molar-refractivity contribution in [2.24, 2.45) is 5.92 Å². The summed E-state index contributed by atoms with van der Waals surface area (Å²) in [5.41, 5.74) is 0.686. The van der Waals surface area contributed by atoms with E-state index in [2.05, 4.69) is 10.6 Å². The number of ether oxygens (including phenoxy) is 2. The molecule has 0 spiro atoms. The van der Waals surface area contributed by atoms with Crippen LogP contribution >= 0.6 is 0 Å². The molecule has 9 heteroatoms. The number of aliphatic hydroxyl groups is 1. The first kappa shape index (κ1) is 21.5. The molecule has 1 saturated heterocycles. The summed E-state index contributed by atoms with van der Waals surface area (Å²) in [6.07, 6.45) is -0.184. The summed E-state index contributed by atoms with van der Waals surface area (Å²) in [5.74, 6) is 0.206. The van der Waals surface area contributed by atoms with Crippen LogP contribution in [0, 0.1) is 5.92 Å². The van der Waals surface area contributed by atoms with Crippen molar-refractivity contribution in [1.82, 2.24) is 15.5 Å². The van der Waals surface area contributed by atoms with E-state index in [1.807, 2.05) is 13.8 Å². The van der Waals surface area contributed by atoms with Gasteiger partial charge in [-0.05, 0) is 23.6 Å². The monoisotopic (exact) mass is 393 g/mol. The van der Waals surface area contributed by atoms with E-state index in [0.29, 0.717) is 17.1 Å². The topological polar surface area (TPSA) is 117 Å². The van der Waals surface area contributed by atoms with Gasteiger partial charge in [0.1, 0.15) is 6.04 Å². The van der Waals surface area contributed by atoms with E-state index < -0.39 is 29.9 Å². The van der Waals surface area contributed by atoms with Crippen LogP contribution < -0.4 is 20.1 Å². The Hall–Kier alpha value is -2.81. The fourth-order valence-corrected chi connectivity index (χ4v) is 2.90. The molecule has 4 amide bonds. The van der Waals surface area contributed by atoms with Gasteiger partial charge in [0.05, 0.1) is 39.8 Å². The number of amides is 4. The number of rotatable bonds is 9. The molecule has 0 aliphatic carbocycles. The Morgan fingerprint density at radius 2 is 1.93 bits per heavy atom. The zero-order valence-electron chi connectivity index (χ0n) is 16.5. The molecule has 0 saturated carbocycles. The number of carbonyl (C=O) groups excluding carboxylic acids is 3. The van der Waals surface area contributed by atoms with E-state index in [1.165, 1.54) is 14.2 Å². The molecule has 2 unspecified atom stereocenters. The highest BCUT2D eigenvalue weighted by Gasteiger charge is 2.39. The molecule has 2 atom stereocenters. The first-order valence-corrected chi connectivity index (χ1v) is 9.03. The lowest BCUT2D eigenvalue weighted by atomic mass is 10.0. The number of benzene rings is 1. The number of methoxy groups -OCH3 is 2. The van der Waals surface area contributed by atoms with Gasteiger partial charge >= 0.3 is 6.03 Å². The molecule has 2 rings (SSSR count). The molecule has 1 aromatic carbocycles. The lowest BCUT2D eigenvalue weighted by Gasteiger charge is -2.20. The van der Waals surface area contributed by atoms with Crippen LogP contribution in [-0.2, 0) is 16.1 Å². The summed E-state index contributed by atoms with van der Waals surface area (Å²) in [5, 5.41) is 14.5. The van der Waals surface area contributed by atoms with E-state index in [4.69, 9.17) is 9.47 Å². The fraction of sp³-hybridized carbons (Fsp3) is 0.526. The van der Waals surface area contributed by atoms with Gasteiger partial charge in [-0.15, -0.1) is 0 Å². The third-order valence-corrected chi connectivity index (χ3v) is 4.63. The Morgan fingerprint density at radius 1 is 1.25 bits per heavy atom. The second kappa shape index (κ2) is 9.41. The Kier molecular flexibility index (Phi) is 7.22. The minimum absolute atomic E-state index is 0.0457. The first-order valence-electron chi connectivity index (χ1n) is 9.03. The summed E-state index contributed by atoms with van der Waals surface area (Å²) in [6, 6.07) is 3.23. The van der Waals surface area contributed by atoms with Crippen LogP contribution in [0.3, 0.4) is 0 Å². The number of imide groups is 1. The number of hydrogen-bond donors (Lipinski definition) is 3. The van der Waals surface area contributed by atoms with E-state index in [0.717, 1.165) is 4.90 Å². The lowest BCUT2D eigenvalue weighted by Crippen LogP contribution is -2.44. The second-order valence-electron chi connectivity index (χ2n) is 6.92. The molecule has 1 heterocycles. The molecule has 0 aromatic heterocycles. The van der Waals surface area contributed by atoms with Gasteiger partial charge in [-0.25, -0.2) is 4.79 Å².